The minimum atomic E-state index is -3.20. The highest BCUT2D eigenvalue weighted by Crippen LogP contribution is 2.15. The van der Waals surface area contributed by atoms with Crippen molar-refractivity contribution in [2.75, 3.05) is 39.0 Å². The molecule has 1 fully saturated rings. The number of guanidine groups is 1. The van der Waals surface area contributed by atoms with Gasteiger partial charge in [0.1, 0.15) is 5.82 Å². The standard InChI is InChI=1S/C20H33FN4O2S/c1-3-22-20(23-10-13-25-11-6-4-5-7-12-25)24-15-18-14-19(21)9-8-17(18)16-28(2,26)27/h8-9,14H,3-7,10-13,15-16H2,1-2H3,(H2,22,23,24). The average molecular weight is 413 g/mol. The Balaban J connectivity index is 1.98. The van der Waals surface area contributed by atoms with Gasteiger partial charge in [-0.15, -0.1) is 0 Å². The number of aliphatic imine (C=N–C) groups is 1. The topological polar surface area (TPSA) is 73.8 Å². The van der Waals surface area contributed by atoms with Crippen molar-refractivity contribution in [3.8, 4) is 0 Å². The lowest BCUT2D eigenvalue weighted by molar-refractivity contribution is 0.289. The zero-order valence-corrected chi connectivity index (χ0v) is 17.8. The zero-order valence-electron chi connectivity index (χ0n) is 17.0. The molecule has 0 saturated carbocycles. The number of halogens is 1. The maximum atomic E-state index is 13.7. The van der Waals surface area contributed by atoms with E-state index < -0.39 is 9.84 Å². The molecular weight excluding hydrogens is 379 g/mol. The molecule has 1 aromatic rings. The van der Waals surface area contributed by atoms with Crippen LogP contribution in [-0.4, -0.2) is 58.3 Å². The lowest BCUT2D eigenvalue weighted by Gasteiger charge is -2.20. The average Bonchev–Trinajstić information content (AvgIpc) is 2.89. The van der Waals surface area contributed by atoms with Gasteiger partial charge < -0.3 is 15.5 Å². The first-order chi connectivity index (χ1) is 13.4. The molecule has 2 N–H and O–H groups in total. The number of hydrogen-bond acceptors (Lipinski definition) is 4. The molecule has 0 radical (unpaired) electrons. The second kappa shape index (κ2) is 11.4. The Hall–Kier alpha value is -1.67. The van der Waals surface area contributed by atoms with Gasteiger partial charge in [0, 0.05) is 25.9 Å². The van der Waals surface area contributed by atoms with E-state index >= 15 is 0 Å². The van der Waals surface area contributed by atoms with Crippen molar-refractivity contribution < 1.29 is 12.8 Å². The van der Waals surface area contributed by atoms with E-state index in [4.69, 9.17) is 0 Å². The van der Waals surface area contributed by atoms with Crippen LogP contribution in [0.4, 0.5) is 4.39 Å². The van der Waals surface area contributed by atoms with Crippen LogP contribution in [0.1, 0.15) is 43.7 Å². The van der Waals surface area contributed by atoms with E-state index in [0.717, 1.165) is 32.7 Å². The molecule has 1 aliphatic rings. The Labute approximate surface area is 168 Å². The van der Waals surface area contributed by atoms with E-state index in [2.05, 4.69) is 20.5 Å². The number of benzene rings is 1. The van der Waals surface area contributed by atoms with E-state index in [1.807, 2.05) is 6.92 Å². The molecule has 8 heteroatoms. The van der Waals surface area contributed by atoms with Gasteiger partial charge in [0.2, 0.25) is 0 Å². The van der Waals surface area contributed by atoms with Gasteiger partial charge in [-0.3, -0.25) is 0 Å². The Morgan fingerprint density at radius 2 is 1.86 bits per heavy atom. The van der Waals surface area contributed by atoms with Crippen LogP contribution in [0, 0.1) is 5.82 Å². The monoisotopic (exact) mass is 412 g/mol. The van der Waals surface area contributed by atoms with Crippen LogP contribution >= 0.6 is 0 Å². The Bertz CT molecular complexity index is 745. The molecule has 1 heterocycles. The van der Waals surface area contributed by atoms with Crippen molar-refractivity contribution in [3.05, 3.63) is 35.1 Å². The Morgan fingerprint density at radius 1 is 1.14 bits per heavy atom. The van der Waals surface area contributed by atoms with Gasteiger partial charge in [-0.25, -0.2) is 17.8 Å². The molecule has 0 bridgehead atoms. The minimum Gasteiger partial charge on any atom is -0.357 e. The number of likely N-dealkylation sites (tertiary alicyclic amines) is 1. The molecule has 28 heavy (non-hydrogen) atoms. The van der Waals surface area contributed by atoms with Gasteiger partial charge >= 0.3 is 0 Å². The quantitative estimate of drug-likeness (QED) is 0.506. The summed E-state index contributed by atoms with van der Waals surface area (Å²) in [6.45, 7) is 6.97. The maximum Gasteiger partial charge on any atom is 0.191 e. The van der Waals surface area contributed by atoms with Crippen LogP contribution in [0.2, 0.25) is 0 Å². The van der Waals surface area contributed by atoms with Gasteiger partial charge in [-0.2, -0.15) is 0 Å². The molecule has 0 aromatic heterocycles. The number of rotatable bonds is 8. The summed E-state index contributed by atoms with van der Waals surface area (Å²) in [7, 11) is -3.20. The number of nitrogens with zero attached hydrogens (tertiary/aromatic N) is 2. The number of sulfone groups is 1. The molecule has 1 aromatic carbocycles. The first-order valence-corrected chi connectivity index (χ1v) is 12.1. The van der Waals surface area contributed by atoms with E-state index in [9.17, 15) is 12.8 Å². The van der Waals surface area contributed by atoms with Crippen molar-refractivity contribution in [3.63, 3.8) is 0 Å². The molecule has 0 aliphatic carbocycles. The summed E-state index contributed by atoms with van der Waals surface area (Å²) >= 11 is 0. The SMILES string of the molecule is CCNC(=NCc1cc(F)ccc1CS(C)(=O)=O)NCCN1CCCCCC1. The maximum absolute atomic E-state index is 13.7. The molecular formula is C20H33FN4O2S. The van der Waals surface area contributed by atoms with Gasteiger partial charge in [-0.1, -0.05) is 18.9 Å². The molecule has 0 atom stereocenters. The van der Waals surface area contributed by atoms with Crippen LogP contribution < -0.4 is 10.6 Å². The number of nitrogens with one attached hydrogen (secondary N) is 2. The van der Waals surface area contributed by atoms with Crippen molar-refractivity contribution in [1.82, 2.24) is 15.5 Å². The van der Waals surface area contributed by atoms with Gasteiger partial charge in [0.15, 0.2) is 15.8 Å². The van der Waals surface area contributed by atoms with Gasteiger partial charge in [0.25, 0.3) is 0 Å². The summed E-state index contributed by atoms with van der Waals surface area (Å²) in [5, 5.41) is 6.52. The fourth-order valence-electron chi connectivity index (χ4n) is 3.36. The first-order valence-electron chi connectivity index (χ1n) is 10.1. The molecule has 6 nitrogen and oxygen atoms in total. The lowest BCUT2D eigenvalue weighted by Crippen LogP contribution is -2.41. The Kier molecular flexibility index (Phi) is 9.18. The second-order valence-electron chi connectivity index (χ2n) is 7.36. The van der Waals surface area contributed by atoms with Crippen molar-refractivity contribution in [2.45, 2.75) is 44.9 Å². The molecule has 1 saturated heterocycles. The lowest BCUT2D eigenvalue weighted by atomic mass is 10.1. The van der Waals surface area contributed by atoms with Gasteiger partial charge in [-0.05, 0) is 56.1 Å². The second-order valence-corrected chi connectivity index (χ2v) is 9.50. The molecule has 1 aliphatic heterocycles. The van der Waals surface area contributed by atoms with Crippen molar-refractivity contribution >= 4 is 15.8 Å². The molecule has 0 unspecified atom stereocenters. The summed E-state index contributed by atoms with van der Waals surface area (Å²) in [4.78, 5) is 7.00. The number of hydrogen-bond donors (Lipinski definition) is 2. The van der Waals surface area contributed by atoms with Crippen LogP contribution in [0.5, 0.6) is 0 Å². The summed E-state index contributed by atoms with van der Waals surface area (Å²) in [5.41, 5.74) is 1.18. The minimum absolute atomic E-state index is 0.114. The van der Waals surface area contributed by atoms with E-state index in [1.165, 1.54) is 50.1 Å². The molecule has 0 amide bonds. The third-order valence-electron chi connectivity index (χ3n) is 4.76. The fraction of sp³-hybridized carbons (Fsp3) is 0.650. The summed E-state index contributed by atoms with van der Waals surface area (Å²) in [6.07, 6.45) is 6.33. The van der Waals surface area contributed by atoms with E-state index in [0.29, 0.717) is 17.1 Å². The highest BCUT2D eigenvalue weighted by Gasteiger charge is 2.11. The normalized spacial score (nSPS) is 16.6. The van der Waals surface area contributed by atoms with E-state index in [-0.39, 0.29) is 18.1 Å². The smallest absolute Gasteiger partial charge is 0.191 e. The first kappa shape index (κ1) is 22.6. The fourth-order valence-corrected chi connectivity index (χ4v) is 4.21. The van der Waals surface area contributed by atoms with Crippen LogP contribution in [0.25, 0.3) is 0 Å². The Morgan fingerprint density at radius 3 is 2.50 bits per heavy atom. The van der Waals surface area contributed by atoms with Gasteiger partial charge in [0.05, 0.1) is 12.3 Å². The largest absolute Gasteiger partial charge is 0.357 e. The van der Waals surface area contributed by atoms with Crippen molar-refractivity contribution in [2.24, 2.45) is 4.99 Å². The van der Waals surface area contributed by atoms with Crippen molar-refractivity contribution in [1.29, 1.82) is 0 Å². The summed E-state index contributed by atoms with van der Waals surface area (Å²) < 4.78 is 36.9. The molecule has 2 rings (SSSR count). The van der Waals surface area contributed by atoms with Crippen LogP contribution in [0.15, 0.2) is 23.2 Å². The molecule has 0 spiro atoms. The third kappa shape index (κ3) is 8.56. The summed E-state index contributed by atoms with van der Waals surface area (Å²) in [5.74, 6) is 0.158. The predicted molar refractivity (Wildman–Crippen MR) is 113 cm³/mol. The van der Waals surface area contributed by atoms with Crippen LogP contribution in [0.3, 0.4) is 0 Å². The third-order valence-corrected chi connectivity index (χ3v) is 5.59. The van der Waals surface area contributed by atoms with E-state index in [1.54, 1.807) is 0 Å². The molecule has 158 valence electrons. The highest BCUT2D eigenvalue weighted by molar-refractivity contribution is 7.89. The zero-order chi connectivity index (χ0) is 20.4. The predicted octanol–water partition coefficient (Wildman–Crippen LogP) is 2.30. The van der Waals surface area contributed by atoms with Crippen LogP contribution in [-0.2, 0) is 22.1 Å². The summed E-state index contributed by atoms with van der Waals surface area (Å²) in [6, 6.07) is 4.18. The highest BCUT2D eigenvalue weighted by atomic mass is 32.2.